The summed E-state index contributed by atoms with van der Waals surface area (Å²) < 4.78 is 1.12. The molecule has 0 unspecified atom stereocenters. The van der Waals surface area contributed by atoms with Crippen molar-refractivity contribution in [2.75, 3.05) is 27.7 Å². The van der Waals surface area contributed by atoms with E-state index in [4.69, 9.17) is 11.8 Å². The summed E-state index contributed by atoms with van der Waals surface area (Å²) in [7, 11) is 6.88. The highest BCUT2D eigenvalue weighted by molar-refractivity contribution is 4.49. The van der Waals surface area contributed by atoms with Crippen molar-refractivity contribution in [1.29, 1.82) is 5.26 Å². The molecule has 0 radical (unpaired) electrons. The van der Waals surface area contributed by atoms with Crippen molar-refractivity contribution in [3.05, 3.63) is 6.57 Å². The molecule has 132 valence electrons. The van der Waals surface area contributed by atoms with Gasteiger partial charge >= 0.3 is 0 Å². The topological polar surface area (TPSA) is 23.8 Å². The number of nitrogens with zero attached hydrogens (tertiary/aromatic N) is 2. The van der Waals surface area contributed by atoms with Crippen LogP contribution in [-0.4, -0.2) is 32.2 Å². The first-order valence-corrected chi connectivity index (χ1v) is 9.59. The summed E-state index contributed by atoms with van der Waals surface area (Å²) in [6, 6.07) is 0. The van der Waals surface area contributed by atoms with Crippen molar-refractivity contribution in [2.45, 2.75) is 96.8 Å². The van der Waals surface area contributed by atoms with Gasteiger partial charge in [0, 0.05) is 0 Å². The number of hydrogen-bond acceptors (Lipinski definition) is 1. The monoisotopic (exact) mass is 310 g/mol. The molecule has 0 aromatic rings. The molecule has 0 atom stereocenters. The zero-order valence-electron chi connectivity index (χ0n) is 16.0. The van der Waals surface area contributed by atoms with Gasteiger partial charge in [-0.25, -0.2) is 0 Å². The van der Waals surface area contributed by atoms with E-state index in [0.717, 1.165) is 4.48 Å². The Balaban J connectivity index is 0. The van der Waals surface area contributed by atoms with E-state index in [0.29, 0.717) is 0 Å². The first-order chi connectivity index (χ1) is 10.6. The second-order valence-electron chi connectivity index (χ2n) is 7.61. The van der Waals surface area contributed by atoms with E-state index in [9.17, 15) is 0 Å². The summed E-state index contributed by atoms with van der Waals surface area (Å²) in [6.45, 7) is 8.38. The summed E-state index contributed by atoms with van der Waals surface area (Å²) in [5.74, 6) is 0. The van der Waals surface area contributed by atoms with Crippen LogP contribution in [0, 0.1) is 11.8 Å². The second-order valence-corrected chi connectivity index (χ2v) is 7.61. The molecular formula is C20H42N2. The second kappa shape index (κ2) is 18.5. The normalized spacial score (nSPS) is 11.0. The molecule has 0 N–H and O–H groups in total. The Morgan fingerprint density at radius 1 is 0.545 bits per heavy atom. The fourth-order valence-electron chi connectivity index (χ4n) is 2.78. The molecule has 0 aromatic carbocycles. The maximum absolute atomic E-state index is 6.25. The van der Waals surface area contributed by atoms with Crippen LogP contribution in [0.25, 0.3) is 0 Å². The molecule has 0 saturated heterocycles. The molecular weight excluding hydrogens is 268 g/mol. The molecule has 2 heteroatoms. The van der Waals surface area contributed by atoms with E-state index in [1.54, 1.807) is 0 Å². The first kappa shape index (κ1) is 23.7. The highest BCUT2D eigenvalue weighted by atomic mass is 15.3. The van der Waals surface area contributed by atoms with Gasteiger partial charge in [-0.05, 0) is 12.8 Å². The van der Waals surface area contributed by atoms with Crippen molar-refractivity contribution in [3.63, 3.8) is 0 Å². The third kappa shape index (κ3) is 24.5. The number of quaternary nitrogens is 1. The molecule has 22 heavy (non-hydrogen) atoms. The Hall–Kier alpha value is -0.550. The van der Waals surface area contributed by atoms with Crippen LogP contribution in [0.1, 0.15) is 96.8 Å². The van der Waals surface area contributed by atoms with Crippen molar-refractivity contribution in [2.24, 2.45) is 0 Å². The summed E-state index contributed by atoms with van der Waals surface area (Å²) in [4.78, 5) is 0. The van der Waals surface area contributed by atoms with Gasteiger partial charge in [-0.2, -0.15) is 0 Å². The smallest absolute Gasteiger partial charge is 0.0780 e. The fraction of sp³-hybridized carbons (Fsp3) is 0.950. The van der Waals surface area contributed by atoms with Crippen molar-refractivity contribution in [1.82, 2.24) is 0 Å². The van der Waals surface area contributed by atoms with Gasteiger partial charge in [0.1, 0.15) is 0 Å². The van der Waals surface area contributed by atoms with E-state index in [1.165, 1.54) is 96.4 Å². The van der Waals surface area contributed by atoms with Crippen LogP contribution in [0.5, 0.6) is 0 Å². The number of hydrogen-bond donors (Lipinski definition) is 0. The van der Waals surface area contributed by atoms with Crippen LogP contribution >= 0.6 is 0 Å². The van der Waals surface area contributed by atoms with Crippen LogP contribution in [-0.2, 0) is 0 Å². The summed E-state index contributed by atoms with van der Waals surface area (Å²) in [6.07, 6.45) is 20.4. The van der Waals surface area contributed by atoms with Crippen molar-refractivity contribution < 1.29 is 4.48 Å². The van der Waals surface area contributed by atoms with Gasteiger partial charge in [0.25, 0.3) is 0 Å². The average molecular weight is 311 g/mol. The van der Waals surface area contributed by atoms with Crippen LogP contribution < -0.4 is 0 Å². The Morgan fingerprint density at radius 3 is 1.09 bits per heavy atom. The summed E-state index contributed by atoms with van der Waals surface area (Å²) >= 11 is 0. The molecule has 0 aliphatic heterocycles. The van der Waals surface area contributed by atoms with Crippen LogP contribution in [0.2, 0.25) is 0 Å². The predicted molar refractivity (Wildman–Crippen MR) is 98.2 cm³/mol. The lowest BCUT2D eigenvalue weighted by Crippen LogP contribution is -2.35. The molecule has 0 aromatic heterocycles. The van der Waals surface area contributed by atoms with E-state index >= 15 is 0 Å². The minimum Gasteiger partial charge on any atom is -0.512 e. The third-order valence-electron chi connectivity index (χ3n) is 4.18. The Bertz CT molecular complexity index is 215. The predicted octanol–water partition coefficient (Wildman–Crippen LogP) is 6.27. The van der Waals surface area contributed by atoms with Gasteiger partial charge < -0.3 is 16.3 Å². The van der Waals surface area contributed by atoms with Crippen molar-refractivity contribution in [3.8, 4) is 0 Å². The highest BCUT2D eigenvalue weighted by Crippen LogP contribution is 2.13. The minimum atomic E-state index is 1.12. The summed E-state index contributed by atoms with van der Waals surface area (Å²) in [5.41, 5.74) is 0. The molecule has 0 fully saturated rings. The number of rotatable bonds is 15. The lowest BCUT2D eigenvalue weighted by Gasteiger charge is -2.23. The molecule has 0 heterocycles. The molecule has 0 spiro atoms. The SMILES string of the molecule is CCCCCCCCCCCCCCCC[N+](C)(C)C.[C-]#N. The first-order valence-electron chi connectivity index (χ1n) is 9.59. The molecule has 0 aliphatic carbocycles. The lowest BCUT2D eigenvalue weighted by atomic mass is 10.0. The quantitative estimate of drug-likeness (QED) is 0.199. The minimum absolute atomic E-state index is 1.12. The van der Waals surface area contributed by atoms with Crippen molar-refractivity contribution >= 4 is 0 Å². The Kier molecular flexibility index (Phi) is 19.9. The standard InChI is InChI=1S/C19H42N.CN/c1-5-6-7-8-9-10-11-12-13-14-15-16-17-18-19-20(2,3)4;1-2/h5-19H2,1-4H3;/q+1;-1. The van der Waals surface area contributed by atoms with Gasteiger partial charge in [-0.1, -0.05) is 84.0 Å². The highest BCUT2D eigenvalue weighted by Gasteiger charge is 2.04. The molecule has 0 bridgehead atoms. The van der Waals surface area contributed by atoms with E-state index < -0.39 is 0 Å². The largest absolute Gasteiger partial charge is 0.512 e. The van der Waals surface area contributed by atoms with Crippen LogP contribution in [0.15, 0.2) is 0 Å². The fourth-order valence-corrected chi connectivity index (χ4v) is 2.78. The molecule has 0 saturated carbocycles. The van der Waals surface area contributed by atoms with E-state index in [1.807, 2.05) is 0 Å². The Morgan fingerprint density at radius 2 is 0.818 bits per heavy atom. The van der Waals surface area contributed by atoms with Gasteiger partial charge in [0.2, 0.25) is 0 Å². The Labute approximate surface area is 141 Å². The van der Waals surface area contributed by atoms with Gasteiger partial charge in [-0.15, -0.1) is 0 Å². The zero-order chi connectivity index (χ0) is 17.1. The molecule has 0 aliphatic rings. The molecule has 0 rings (SSSR count). The molecule has 2 nitrogen and oxygen atoms in total. The van der Waals surface area contributed by atoms with Crippen LogP contribution in [0.3, 0.4) is 0 Å². The maximum atomic E-state index is 6.25. The van der Waals surface area contributed by atoms with Gasteiger partial charge in [0.15, 0.2) is 0 Å². The lowest BCUT2D eigenvalue weighted by molar-refractivity contribution is -0.870. The third-order valence-corrected chi connectivity index (χ3v) is 4.18. The van der Waals surface area contributed by atoms with Gasteiger partial charge in [0.05, 0.1) is 27.7 Å². The zero-order valence-corrected chi connectivity index (χ0v) is 16.0. The van der Waals surface area contributed by atoms with Crippen LogP contribution in [0.4, 0.5) is 0 Å². The van der Waals surface area contributed by atoms with E-state index in [-0.39, 0.29) is 0 Å². The average Bonchev–Trinajstić information content (AvgIpc) is 2.48. The van der Waals surface area contributed by atoms with E-state index in [2.05, 4.69) is 28.1 Å². The molecule has 0 amide bonds. The van der Waals surface area contributed by atoms with Gasteiger partial charge in [-0.3, -0.25) is 0 Å². The number of unbranched alkanes of at least 4 members (excludes halogenated alkanes) is 13. The summed E-state index contributed by atoms with van der Waals surface area (Å²) in [5, 5.41) is 6.25. The maximum Gasteiger partial charge on any atom is 0.0780 e.